The number of methoxy groups -OCH3 is 1. The lowest BCUT2D eigenvalue weighted by Gasteiger charge is -2.34. The van der Waals surface area contributed by atoms with Crippen LogP contribution in [0, 0.1) is 5.41 Å². The van der Waals surface area contributed by atoms with Crippen LogP contribution >= 0.6 is 0 Å². The summed E-state index contributed by atoms with van der Waals surface area (Å²) in [4.78, 5) is 44.3. The lowest BCUT2D eigenvalue weighted by atomic mass is 9.91. The van der Waals surface area contributed by atoms with Gasteiger partial charge in [-0.25, -0.2) is 4.79 Å². The molecule has 2 aromatic rings. The molecule has 1 aromatic carbocycles. The minimum Gasteiger partial charge on any atom is -0.453 e. The third-order valence-electron chi connectivity index (χ3n) is 6.35. The molecule has 0 radical (unpaired) electrons. The van der Waals surface area contributed by atoms with Crippen LogP contribution in [0.2, 0.25) is 0 Å². The maximum atomic E-state index is 13.5. The van der Waals surface area contributed by atoms with E-state index in [1.807, 2.05) is 43.9 Å². The van der Waals surface area contributed by atoms with Crippen molar-refractivity contribution in [2.24, 2.45) is 5.41 Å². The number of carbonyl (C=O) groups excluding carboxylic acids is 3. The number of anilines is 1. The fraction of sp³-hybridized carbons (Fsp3) is 0.481. The van der Waals surface area contributed by atoms with E-state index in [2.05, 4.69) is 20.4 Å². The molecule has 0 aliphatic carbocycles. The summed E-state index contributed by atoms with van der Waals surface area (Å²) in [6.07, 6.45) is -3.51. The Morgan fingerprint density at radius 3 is 2.54 bits per heavy atom. The summed E-state index contributed by atoms with van der Waals surface area (Å²) in [5.74, 6) is -0.413. The van der Waals surface area contributed by atoms with Gasteiger partial charge in [0.2, 0.25) is 11.8 Å². The van der Waals surface area contributed by atoms with Gasteiger partial charge in [-0.2, -0.15) is 13.2 Å². The highest BCUT2D eigenvalue weighted by Crippen LogP contribution is 2.32. The lowest BCUT2D eigenvalue weighted by Crippen LogP contribution is -2.43. The van der Waals surface area contributed by atoms with E-state index in [4.69, 9.17) is 0 Å². The molecule has 212 valence electrons. The van der Waals surface area contributed by atoms with Crippen LogP contribution in [0.15, 0.2) is 36.5 Å². The Kier molecular flexibility index (Phi) is 9.41. The Bertz CT molecular complexity index is 1200. The van der Waals surface area contributed by atoms with Crippen LogP contribution in [0.4, 0.5) is 23.7 Å². The number of nitrogens with one attached hydrogen (secondary N) is 2. The molecule has 39 heavy (non-hydrogen) atoms. The number of nitrogens with zero attached hydrogens (tertiary/aromatic N) is 3. The standard InChI is InChI=1S/C27H34F3N5O4/c1-26(2,3)24(37)35-13-10-19-18(16-35)7-5-9-21(19)33-15-23(36)34(14-12-32-25(38)39-4)17-22-20(27(28,29)30)8-6-11-31-22/h5-9,11,33H,10,12-17H2,1-4H3,(H,32,38). The molecule has 1 aromatic heterocycles. The molecule has 0 spiro atoms. The topological polar surface area (TPSA) is 104 Å². The molecule has 0 bridgehead atoms. The van der Waals surface area contributed by atoms with Crippen molar-refractivity contribution in [1.82, 2.24) is 20.1 Å². The highest BCUT2D eigenvalue weighted by atomic mass is 19.4. The molecule has 1 aliphatic rings. The van der Waals surface area contributed by atoms with Gasteiger partial charge in [0.15, 0.2) is 0 Å². The average Bonchev–Trinajstić information content (AvgIpc) is 2.89. The van der Waals surface area contributed by atoms with Crippen LogP contribution in [0.1, 0.15) is 43.2 Å². The molecular weight excluding hydrogens is 515 g/mol. The highest BCUT2D eigenvalue weighted by Gasteiger charge is 2.35. The monoisotopic (exact) mass is 549 g/mol. The fourth-order valence-corrected chi connectivity index (χ4v) is 4.37. The van der Waals surface area contributed by atoms with Gasteiger partial charge in [0.05, 0.1) is 31.5 Å². The Balaban J connectivity index is 1.74. The van der Waals surface area contributed by atoms with Gasteiger partial charge in [0, 0.05) is 43.5 Å². The van der Waals surface area contributed by atoms with E-state index in [1.54, 1.807) is 0 Å². The van der Waals surface area contributed by atoms with Crippen molar-refractivity contribution in [2.75, 3.05) is 38.6 Å². The van der Waals surface area contributed by atoms with Crippen LogP contribution in [0.5, 0.6) is 0 Å². The lowest BCUT2D eigenvalue weighted by molar-refractivity contribution is -0.140. The van der Waals surface area contributed by atoms with E-state index in [0.29, 0.717) is 19.5 Å². The average molecular weight is 550 g/mol. The number of alkyl halides is 3. The van der Waals surface area contributed by atoms with Crippen molar-refractivity contribution in [1.29, 1.82) is 0 Å². The zero-order valence-electron chi connectivity index (χ0n) is 22.5. The predicted molar refractivity (Wildman–Crippen MR) is 139 cm³/mol. The second-order valence-electron chi connectivity index (χ2n) is 10.3. The van der Waals surface area contributed by atoms with Gasteiger partial charge in [-0.05, 0) is 35.7 Å². The number of pyridine rings is 1. The van der Waals surface area contributed by atoms with E-state index in [-0.39, 0.29) is 31.2 Å². The number of alkyl carbamates (subject to hydrolysis) is 1. The number of amides is 3. The van der Waals surface area contributed by atoms with Crippen molar-refractivity contribution < 1.29 is 32.3 Å². The van der Waals surface area contributed by atoms with Gasteiger partial charge in [0.1, 0.15) is 0 Å². The molecule has 0 unspecified atom stereocenters. The van der Waals surface area contributed by atoms with Crippen molar-refractivity contribution >= 4 is 23.6 Å². The van der Waals surface area contributed by atoms with Crippen LogP contribution in [0.3, 0.4) is 0 Å². The normalized spacial score (nSPS) is 13.4. The van der Waals surface area contributed by atoms with Crippen molar-refractivity contribution in [3.05, 3.63) is 58.9 Å². The molecule has 2 heterocycles. The van der Waals surface area contributed by atoms with Gasteiger partial charge < -0.3 is 25.2 Å². The SMILES string of the molecule is COC(=O)NCCN(Cc1ncccc1C(F)(F)F)C(=O)CNc1cccc2c1CCN(C(=O)C(C)(C)C)C2. The summed E-state index contributed by atoms with van der Waals surface area (Å²) < 4.78 is 45.1. The number of carbonyl (C=O) groups is 3. The molecule has 1 aliphatic heterocycles. The zero-order chi connectivity index (χ0) is 28.8. The maximum absolute atomic E-state index is 13.5. The van der Waals surface area contributed by atoms with E-state index in [0.717, 1.165) is 22.9 Å². The summed E-state index contributed by atoms with van der Waals surface area (Å²) in [6, 6.07) is 7.71. The zero-order valence-corrected chi connectivity index (χ0v) is 22.5. The summed E-state index contributed by atoms with van der Waals surface area (Å²) >= 11 is 0. The maximum Gasteiger partial charge on any atom is 0.418 e. The molecule has 3 amide bonds. The molecule has 9 nitrogen and oxygen atoms in total. The molecule has 0 fully saturated rings. The third kappa shape index (κ3) is 7.84. The van der Waals surface area contributed by atoms with Crippen LogP contribution in [-0.2, 0) is 40.0 Å². The number of fused-ring (bicyclic) bond motifs is 1. The van der Waals surface area contributed by atoms with Crippen LogP contribution in [0.25, 0.3) is 0 Å². The van der Waals surface area contributed by atoms with Crippen LogP contribution < -0.4 is 10.6 Å². The summed E-state index contributed by atoms with van der Waals surface area (Å²) in [6.45, 7) is 5.98. The number of hydrogen-bond donors (Lipinski definition) is 2. The van der Waals surface area contributed by atoms with Crippen molar-refractivity contribution in [3.63, 3.8) is 0 Å². The molecule has 0 saturated heterocycles. The van der Waals surface area contributed by atoms with E-state index in [1.165, 1.54) is 24.3 Å². The smallest absolute Gasteiger partial charge is 0.418 e. The van der Waals surface area contributed by atoms with Gasteiger partial charge in [0.25, 0.3) is 0 Å². The molecular formula is C27H34F3N5O4. The number of benzene rings is 1. The first kappa shape index (κ1) is 29.7. The van der Waals surface area contributed by atoms with Gasteiger partial charge in [-0.1, -0.05) is 32.9 Å². The summed E-state index contributed by atoms with van der Waals surface area (Å²) in [5, 5.41) is 5.56. The third-order valence-corrected chi connectivity index (χ3v) is 6.35. The first-order valence-corrected chi connectivity index (χ1v) is 12.6. The largest absolute Gasteiger partial charge is 0.453 e. The molecule has 0 saturated carbocycles. The van der Waals surface area contributed by atoms with E-state index < -0.39 is 35.7 Å². The second kappa shape index (κ2) is 12.4. The minimum atomic E-state index is -4.63. The predicted octanol–water partition coefficient (Wildman–Crippen LogP) is 3.83. The molecule has 0 atom stereocenters. The number of rotatable bonds is 8. The fourth-order valence-electron chi connectivity index (χ4n) is 4.37. The quantitative estimate of drug-likeness (QED) is 0.519. The highest BCUT2D eigenvalue weighted by molar-refractivity contribution is 5.83. The number of hydrogen-bond acceptors (Lipinski definition) is 6. The van der Waals surface area contributed by atoms with Crippen molar-refractivity contribution in [3.8, 4) is 0 Å². The van der Waals surface area contributed by atoms with E-state index >= 15 is 0 Å². The number of halogens is 3. The Morgan fingerprint density at radius 1 is 1.13 bits per heavy atom. The Labute approximate surface area is 225 Å². The number of aromatic nitrogens is 1. The first-order chi connectivity index (χ1) is 18.3. The Morgan fingerprint density at radius 2 is 1.87 bits per heavy atom. The first-order valence-electron chi connectivity index (χ1n) is 12.6. The minimum absolute atomic E-state index is 0.0228. The van der Waals surface area contributed by atoms with Crippen molar-refractivity contribution in [2.45, 2.75) is 46.5 Å². The Hall–Kier alpha value is -3.83. The van der Waals surface area contributed by atoms with Gasteiger partial charge in [-0.15, -0.1) is 0 Å². The van der Waals surface area contributed by atoms with Gasteiger partial charge >= 0.3 is 12.3 Å². The van der Waals surface area contributed by atoms with Crippen LogP contribution in [-0.4, -0.2) is 66.0 Å². The van der Waals surface area contributed by atoms with Gasteiger partial charge in [-0.3, -0.25) is 14.6 Å². The molecule has 12 heteroatoms. The number of ether oxygens (including phenoxy) is 1. The summed E-state index contributed by atoms with van der Waals surface area (Å²) in [7, 11) is 1.18. The molecule has 3 rings (SSSR count). The summed E-state index contributed by atoms with van der Waals surface area (Å²) in [5.41, 5.74) is 0.974. The second-order valence-corrected chi connectivity index (χ2v) is 10.3. The van der Waals surface area contributed by atoms with E-state index in [9.17, 15) is 27.6 Å². The molecule has 2 N–H and O–H groups in total.